The number of furan rings is 1. The van der Waals surface area contributed by atoms with Gasteiger partial charge in [0.2, 0.25) is 5.76 Å². The summed E-state index contributed by atoms with van der Waals surface area (Å²) in [6.45, 7) is 0. The topological polar surface area (TPSA) is 70.7 Å². The van der Waals surface area contributed by atoms with Gasteiger partial charge in [0.1, 0.15) is 11.9 Å². The molecule has 0 fully saturated rings. The Balaban J connectivity index is 2.08. The number of aliphatic hydroxyl groups excluding tert-OH is 1. The predicted molar refractivity (Wildman–Crippen MR) is 65.8 cm³/mol. The van der Waals surface area contributed by atoms with Crippen molar-refractivity contribution in [3.05, 3.63) is 59.0 Å². The van der Waals surface area contributed by atoms with Crippen molar-refractivity contribution in [1.82, 2.24) is 0 Å². The van der Waals surface area contributed by atoms with E-state index < -0.39 is 23.8 Å². The van der Waals surface area contributed by atoms with Crippen molar-refractivity contribution < 1.29 is 32.6 Å². The van der Waals surface area contributed by atoms with Crippen LogP contribution in [0.1, 0.15) is 33.5 Å². The monoisotopic (exact) mass is 300 g/mol. The Morgan fingerprint density at radius 2 is 1.76 bits per heavy atom. The second kappa shape index (κ2) is 5.61. The molecule has 21 heavy (non-hydrogen) atoms. The highest BCUT2D eigenvalue weighted by Crippen LogP contribution is 2.30. The molecule has 0 spiro atoms. The number of rotatable bonds is 4. The Morgan fingerprint density at radius 1 is 1.14 bits per heavy atom. The molecule has 0 radical (unpaired) electrons. The van der Waals surface area contributed by atoms with Crippen LogP contribution in [-0.4, -0.2) is 16.2 Å². The molecule has 1 unspecified atom stereocenters. The Labute approximate surface area is 117 Å². The Bertz CT molecular complexity index is 628. The van der Waals surface area contributed by atoms with Gasteiger partial charge < -0.3 is 14.6 Å². The van der Waals surface area contributed by atoms with Gasteiger partial charge in [0, 0.05) is 6.42 Å². The maximum absolute atomic E-state index is 12.4. The molecule has 7 heteroatoms. The van der Waals surface area contributed by atoms with E-state index in [4.69, 9.17) is 9.52 Å². The lowest BCUT2D eigenvalue weighted by Crippen LogP contribution is -2.05. The van der Waals surface area contributed by atoms with Crippen LogP contribution in [0.4, 0.5) is 13.2 Å². The fourth-order valence-electron chi connectivity index (χ4n) is 1.80. The van der Waals surface area contributed by atoms with Crippen molar-refractivity contribution in [2.45, 2.75) is 18.7 Å². The van der Waals surface area contributed by atoms with Gasteiger partial charge in [-0.3, -0.25) is 0 Å². The summed E-state index contributed by atoms with van der Waals surface area (Å²) in [7, 11) is 0. The molecule has 2 N–H and O–H groups in total. The molecule has 2 rings (SSSR count). The first-order valence-electron chi connectivity index (χ1n) is 5.94. The van der Waals surface area contributed by atoms with E-state index in [0.717, 1.165) is 12.1 Å². The number of hydrogen-bond acceptors (Lipinski definition) is 3. The molecule has 0 aliphatic rings. The second-order valence-corrected chi connectivity index (χ2v) is 4.42. The first kappa shape index (κ1) is 15.1. The molecule has 1 heterocycles. The molecule has 1 aromatic heterocycles. The fourth-order valence-corrected chi connectivity index (χ4v) is 1.80. The summed E-state index contributed by atoms with van der Waals surface area (Å²) in [6.07, 6.45) is -5.52. The zero-order valence-corrected chi connectivity index (χ0v) is 10.6. The molecule has 1 atom stereocenters. The van der Waals surface area contributed by atoms with Crippen molar-refractivity contribution in [2.75, 3.05) is 0 Å². The third kappa shape index (κ3) is 3.63. The van der Waals surface area contributed by atoms with Crippen LogP contribution in [0.2, 0.25) is 0 Å². The van der Waals surface area contributed by atoms with Crippen molar-refractivity contribution in [3.63, 3.8) is 0 Å². The average Bonchev–Trinajstić information content (AvgIpc) is 2.88. The molecule has 0 bridgehead atoms. The number of aliphatic hydroxyl groups is 1. The summed E-state index contributed by atoms with van der Waals surface area (Å²) in [5.74, 6) is -1.52. The van der Waals surface area contributed by atoms with Crippen LogP contribution in [0.15, 0.2) is 40.8 Å². The largest absolute Gasteiger partial charge is 0.475 e. The van der Waals surface area contributed by atoms with Crippen LogP contribution >= 0.6 is 0 Å². The van der Waals surface area contributed by atoms with Gasteiger partial charge >= 0.3 is 12.1 Å². The third-order valence-electron chi connectivity index (χ3n) is 2.88. The van der Waals surface area contributed by atoms with E-state index in [-0.39, 0.29) is 17.9 Å². The van der Waals surface area contributed by atoms with E-state index in [0.29, 0.717) is 5.56 Å². The Hall–Kier alpha value is -2.28. The number of benzene rings is 1. The van der Waals surface area contributed by atoms with Gasteiger partial charge in [0.05, 0.1) is 5.56 Å². The summed E-state index contributed by atoms with van der Waals surface area (Å²) < 4.78 is 42.1. The van der Waals surface area contributed by atoms with Gasteiger partial charge in [-0.25, -0.2) is 4.79 Å². The molecular weight excluding hydrogens is 289 g/mol. The number of alkyl halides is 3. The van der Waals surface area contributed by atoms with E-state index in [9.17, 15) is 23.1 Å². The van der Waals surface area contributed by atoms with Gasteiger partial charge in [-0.1, -0.05) is 12.1 Å². The third-order valence-corrected chi connectivity index (χ3v) is 2.88. The zero-order chi connectivity index (χ0) is 15.6. The maximum atomic E-state index is 12.4. The zero-order valence-electron chi connectivity index (χ0n) is 10.6. The number of carbonyl (C=O) groups is 1. The van der Waals surface area contributed by atoms with Gasteiger partial charge in [-0.05, 0) is 29.8 Å². The summed E-state index contributed by atoms with van der Waals surface area (Å²) in [5, 5.41) is 18.6. The molecule has 0 aliphatic carbocycles. The lowest BCUT2D eigenvalue weighted by Gasteiger charge is -2.10. The molecule has 112 valence electrons. The number of hydrogen-bond donors (Lipinski definition) is 2. The average molecular weight is 300 g/mol. The molecular formula is C14H11F3O4. The molecule has 0 amide bonds. The summed E-state index contributed by atoms with van der Waals surface area (Å²) in [6, 6.07) is 6.88. The number of carboxylic acid groups (broad SMARTS) is 1. The van der Waals surface area contributed by atoms with Crippen molar-refractivity contribution in [3.8, 4) is 0 Å². The molecule has 0 saturated carbocycles. The van der Waals surface area contributed by atoms with Crippen LogP contribution in [0.25, 0.3) is 0 Å². The fraction of sp³-hybridized carbons (Fsp3) is 0.214. The number of aromatic carboxylic acids is 1. The van der Waals surface area contributed by atoms with Crippen LogP contribution in [0, 0.1) is 0 Å². The first-order valence-corrected chi connectivity index (χ1v) is 5.94. The number of halogens is 3. The highest BCUT2D eigenvalue weighted by molar-refractivity contribution is 5.84. The van der Waals surface area contributed by atoms with Gasteiger partial charge in [0.25, 0.3) is 0 Å². The van der Waals surface area contributed by atoms with Gasteiger partial charge in [0.15, 0.2) is 0 Å². The minimum Gasteiger partial charge on any atom is -0.475 e. The van der Waals surface area contributed by atoms with E-state index in [1.165, 1.54) is 24.3 Å². The minimum atomic E-state index is -4.41. The second-order valence-electron chi connectivity index (χ2n) is 4.42. The van der Waals surface area contributed by atoms with Gasteiger partial charge in [-0.2, -0.15) is 13.2 Å². The quantitative estimate of drug-likeness (QED) is 0.909. The summed E-state index contributed by atoms with van der Waals surface area (Å²) in [5.41, 5.74) is -0.296. The standard InChI is InChI=1S/C14H11F3O4/c15-14(16,17)9-3-1-8(2-4-9)7-10(18)11-5-6-12(21-11)13(19)20/h1-6,10,18H,7H2,(H,19,20). The molecule has 2 aromatic rings. The molecule has 0 saturated heterocycles. The SMILES string of the molecule is O=C(O)c1ccc(C(O)Cc2ccc(C(F)(F)F)cc2)o1. The van der Waals surface area contributed by atoms with Crippen molar-refractivity contribution in [1.29, 1.82) is 0 Å². The van der Waals surface area contributed by atoms with E-state index >= 15 is 0 Å². The van der Waals surface area contributed by atoms with E-state index in [1.54, 1.807) is 0 Å². The smallest absolute Gasteiger partial charge is 0.416 e. The van der Waals surface area contributed by atoms with E-state index in [1.807, 2.05) is 0 Å². The lowest BCUT2D eigenvalue weighted by molar-refractivity contribution is -0.137. The highest BCUT2D eigenvalue weighted by Gasteiger charge is 2.30. The van der Waals surface area contributed by atoms with Crippen LogP contribution in [-0.2, 0) is 12.6 Å². The summed E-state index contributed by atoms with van der Waals surface area (Å²) in [4.78, 5) is 10.6. The van der Waals surface area contributed by atoms with Gasteiger partial charge in [-0.15, -0.1) is 0 Å². The first-order chi connectivity index (χ1) is 9.77. The van der Waals surface area contributed by atoms with E-state index in [2.05, 4.69) is 0 Å². The Kier molecular flexibility index (Phi) is 4.04. The van der Waals surface area contributed by atoms with Crippen molar-refractivity contribution >= 4 is 5.97 Å². The Morgan fingerprint density at radius 3 is 2.24 bits per heavy atom. The molecule has 4 nitrogen and oxygen atoms in total. The molecule has 1 aromatic carbocycles. The maximum Gasteiger partial charge on any atom is 0.416 e. The van der Waals surface area contributed by atoms with Crippen LogP contribution in [0.3, 0.4) is 0 Å². The molecule has 0 aliphatic heterocycles. The highest BCUT2D eigenvalue weighted by atomic mass is 19.4. The lowest BCUT2D eigenvalue weighted by atomic mass is 10.0. The number of carboxylic acids is 1. The normalized spacial score (nSPS) is 13.1. The summed E-state index contributed by atoms with van der Waals surface area (Å²) >= 11 is 0. The van der Waals surface area contributed by atoms with Crippen molar-refractivity contribution in [2.24, 2.45) is 0 Å². The van der Waals surface area contributed by atoms with Crippen LogP contribution < -0.4 is 0 Å². The van der Waals surface area contributed by atoms with Crippen LogP contribution in [0.5, 0.6) is 0 Å². The predicted octanol–water partition coefficient (Wildman–Crippen LogP) is 3.27. The minimum absolute atomic E-state index is 0.0186.